The number of aromatic nitrogens is 2. The number of hydrogen-bond acceptors (Lipinski definition) is 5. The van der Waals surface area contributed by atoms with Crippen molar-refractivity contribution < 1.29 is 9.53 Å². The Morgan fingerprint density at radius 3 is 2.54 bits per heavy atom. The van der Waals surface area contributed by atoms with E-state index in [9.17, 15) is 4.79 Å². The predicted octanol–water partition coefficient (Wildman–Crippen LogP) is 4.10. The number of aryl methyl sites for hydroxylation is 1. The van der Waals surface area contributed by atoms with E-state index in [0.717, 1.165) is 28.3 Å². The number of ether oxygens (including phenoxy) is 1. The summed E-state index contributed by atoms with van der Waals surface area (Å²) >= 11 is 0. The van der Waals surface area contributed by atoms with E-state index in [2.05, 4.69) is 20.6 Å². The number of nitrogens with one attached hydrogen (secondary N) is 2. The summed E-state index contributed by atoms with van der Waals surface area (Å²) in [5, 5.41) is 6.05. The second-order valence-electron chi connectivity index (χ2n) is 5.84. The van der Waals surface area contributed by atoms with Gasteiger partial charge in [0.05, 0.1) is 7.11 Å². The highest BCUT2D eigenvalue weighted by molar-refractivity contribution is 6.03. The number of anilines is 3. The lowest BCUT2D eigenvalue weighted by molar-refractivity contribution is 0.102. The quantitative estimate of drug-likeness (QED) is 0.726. The van der Waals surface area contributed by atoms with Gasteiger partial charge in [0.2, 0.25) is 0 Å². The number of carbonyl (C=O) groups is 1. The highest BCUT2D eigenvalue weighted by atomic mass is 16.5. The first kappa shape index (κ1) is 17.4. The van der Waals surface area contributed by atoms with Crippen LogP contribution >= 0.6 is 0 Å². The number of carbonyl (C=O) groups excluding carboxylic acids is 1. The van der Waals surface area contributed by atoms with Crippen molar-refractivity contribution in [2.45, 2.75) is 13.8 Å². The molecule has 0 atom stereocenters. The molecule has 2 N–H and O–H groups in total. The van der Waals surface area contributed by atoms with Gasteiger partial charge in [0.15, 0.2) is 0 Å². The minimum atomic E-state index is -0.279. The van der Waals surface area contributed by atoms with E-state index in [1.54, 1.807) is 13.2 Å². The molecule has 26 heavy (non-hydrogen) atoms. The van der Waals surface area contributed by atoms with E-state index in [1.807, 2.05) is 56.3 Å². The van der Waals surface area contributed by atoms with Gasteiger partial charge < -0.3 is 15.4 Å². The number of rotatable bonds is 5. The molecule has 0 bridgehead atoms. The standard InChI is InChI=1S/C20H20N4O2/c1-13-5-4-6-17(14(13)2)24-20(25)18-11-19(22-12-21-18)23-15-7-9-16(26-3)10-8-15/h4-12H,1-3H3,(H,24,25)(H,21,22,23). The normalized spacial score (nSPS) is 10.3. The van der Waals surface area contributed by atoms with Crippen LogP contribution in [0.25, 0.3) is 0 Å². The third kappa shape index (κ3) is 3.97. The molecule has 0 radical (unpaired) electrons. The number of nitrogens with zero attached hydrogens (tertiary/aromatic N) is 2. The number of benzene rings is 2. The van der Waals surface area contributed by atoms with Gasteiger partial charge in [-0.1, -0.05) is 12.1 Å². The van der Waals surface area contributed by atoms with Crippen molar-refractivity contribution in [3.05, 3.63) is 71.7 Å². The van der Waals surface area contributed by atoms with Crippen LogP contribution in [0.3, 0.4) is 0 Å². The van der Waals surface area contributed by atoms with Crippen LogP contribution in [-0.2, 0) is 0 Å². The van der Waals surface area contributed by atoms with Crippen LogP contribution in [0.15, 0.2) is 54.9 Å². The minimum Gasteiger partial charge on any atom is -0.497 e. The van der Waals surface area contributed by atoms with Crippen molar-refractivity contribution in [1.29, 1.82) is 0 Å². The Morgan fingerprint density at radius 2 is 1.81 bits per heavy atom. The van der Waals surface area contributed by atoms with Crippen LogP contribution < -0.4 is 15.4 Å². The summed E-state index contributed by atoms with van der Waals surface area (Å²) in [6.07, 6.45) is 1.36. The number of hydrogen-bond donors (Lipinski definition) is 2. The van der Waals surface area contributed by atoms with E-state index in [0.29, 0.717) is 5.82 Å². The van der Waals surface area contributed by atoms with Crippen LogP contribution in [-0.4, -0.2) is 23.0 Å². The molecular formula is C20H20N4O2. The van der Waals surface area contributed by atoms with Crippen molar-refractivity contribution in [3.8, 4) is 5.75 Å². The molecule has 3 rings (SSSR count). The van der Waals surface area contributed by atoms with Gasteiger partial charge in [0.1, 0.15) is 23.6 Å². The summed E-state index contributed by atoms with van der Waals surface area (Å²) in [7, 11) is 1.62. The van der Waals surface area contributed by atoms with Crippen LogP contribution in [0.4, 0.5) is 17.2 Å². The molecule has 6 heteroatoms. The predicted molar refractivity (Wildman–Crippen MR) is 102 cm³/mol. The van der Waals surface area contributed by atoms with Crippen LogP contribution in [0.2, 0.25) is 0 Å². The third-order valence-corrected chi connectivity index (χ3v) is 4.11. The van der Waals surface area contributed by atoms with Gasteiger partial charge in [-0.2, -0.15) is 0 Å². The van der Waals surface area contributed by atoms with E-state index >= 15 is 0 Å². The molecule has 0 aliphatic carbocycles. The molecule has 6 nitrogen and oxygen atoms in total. The van der Waals surface area contributed by atoms with Crippen molar-refractivity contribution in [1.82, 2.24) is 9.97 Å². The first-order valence-corrected chi connectivity index (χ1v) is 8.17. The maximum Gasteiger partial charge on any atom is 0.274 e. The molecule has 132 valence electrons. The molecule has 0 spiro atoms. The molecule has 1 heterocycles. The smallest absolute Gasteiger partial charge is 0.274 e. The van der Waals surface area contributed by atoms with Gasteiger partial charge >= 0.3 is 0 Å². The average molecular weight is 348 g/mol. The van der Waals surface area contributed by atoms with Crippen LogP contribution in [0.1, 0.15) is 21.6 Å². The molecule has 0 aliphatic rings. The van der Waals surface area contributed by atoms with Crippen molar-refractivity contribution >= 4 is 23.1 Å². The fourth-order valence-corrected chi connectivity index (χ4v) is 2.44. The zero-order valence-corrected chi connectivity index (χ0v) is 14.9. The monoisotopic (exact) mass is 348 g/mol. The Balaban J connectivity index is 1.75. The van der Waals surface area contributed by atoms with Gasteiger partial charge in [-0.05, 0) is 55.3 Å². The third-order valence-electron chi connectivity index (χ3n) is 4.11. The first-order valence-electron chi connectivity index (χ1n) is 8.17. The van der Waals surface area contributed by atoms with E-state index in [-0.39, 0.29) is 11.6 Å². The molecule has 3 aromatic rings. The minimum absolute atomic E-state index is 0.279. The number of methoxy groups -OCH3 is 1. The molecule has 1 aromatic heterocycles. The maximum absolute atomic E-state index is 12.5. The van der Waals surface area contributed by atoms with Crippen molar-refractivity contribution in [2.24, 2.45) is 0 Å². The zero-order valence-electron chi connectivity index (χ0n) is 14.9. The van der Waals surface area contributed by atoms with Crippen molar-refractivity contribution in [2.75, 3.05) is 17.7 Å². The highest BCUT2D eigenvalue weighted by Gasteiger charge is 2.11. The van der Waals surface area contributed by atoms with E-state index in [4.69, 9.17) is 4.74 Å². The summed E-state index contributed by atoms with van der Waals surface area (Å²) in [6.45, 7) is 3.98. The fourth-order valence-electron chi connectivity index (χ4n) is 2.44. The molecule has 0 aliphatic heterocycles. The lowest BCUT2D eigenvalue weighted by Gasteiger charge is -2.11. The molecule has 0 fully saturated rings. The topological polar surface area (TPSA) is 76.1 Å². The van der Waals surface area contributed by atoms with E-state index < -0.39 is 0 Å². The summed E-state index contributed by atoms with van der Waals surface area (Å²) in [5.41, 5.74) is 4.06. The average Bonchev–Trinajstić information content (AvgIpc) is 2.66. The summed E-state index contributed by atoms with van der Waals surface area (Å²) in [6, 6.07) is 14.8. The number of amides is 1. The highest BCUT2D eigenvalue weighted by Crippen LogP contribution is 2.20. The van der Waals surface area contributed by atoms with Crippen LogP contribution in [0, 0.1) is 13.8 Å². The van der Waals surface area contributed by atoms with Crippen molar-refractivity contribution in [3.63, 3.8) is 0 Å². The summed E-state index contributed by atoms with van der Waals surface area (Å²) in [5.74, 6) is 1.03. The second kappa shape index (κ2) is 7.65. The first-order chi connectivity index (χ1) is 12.6. The van der Waals surface area contributed by atoms with Crippen LogP contribution in [0.5, 0.6) is 5.75 Å². The van der Waals surface area contributed by atoms with Gasteiger partial charge in [-0.25, -0.2) is 9.97 Å². The molecule has 0 saturated carbocycles. The lowest BCUT2D eigenvalue weighted by Crippen LogP contribution is -2.15. The Kier molecular flexibility index (Phi) is 5.12. The largest absolute Gasteiger partial charge is 0.497 e. The molecule has 0 unspecified atom stereocenters. The van der Waals surface area contributed by atoms with Gasteiger partial charge in [-0.15, -0.1) is 0 Å². The Hall–Kier alpha value is -3.41. The summed E-state index contributed by atoms with van der Waals surface area (Å²) in [4.78, 5) is 20.8. The Morgan fingerprint density at radius 1 is 1.04 bits per heavy atom. The lowest BCUT2D eigenvalue weighted by atomic mass is 10.1. The Labute approximate surface area is 152 Å². The molecular weight excluding hydrogens is 328 g/mol. The van der Waals surface area contributed by atoms with E-state index in [1.165, 1.54) is 6.33 Å². The zero-order chi connectivity index (χ0) is 18.5. The molecule has 2 aromatic carbocycles. The van der Waals surface area contributed by atoms with Gasteiger partial charge in [0, 0.05) is 17.4 Å². The maximum atomic E-state index is 12.5. The molecule has 0 saturated heterocycles. The summed E-state index contributed by atoms with van der Waals surface area (Å²) < 4.78 is 5.14. The SMILES string of the molecule is COc1ccc(Nc2cc(C(=O)Nc3cccc(C)c3C)ncn2)cc1. The molecule has 1 amide bonds. The Bertz CT molecular complexity index is 923. The van der Waals surface area contributed by atoms with Gasteiger partial charge in [0.25, 0.3) is 5.91 Å². The second-order valence-corrected chi connectivity index (χ2v) is 5.84. The fraction of sp³-hybridized carbons (Fsp3) is 0.150. The van der Waals surface area contributed by atoms with Gasteiger partial charge in [-0.3, -0.25) is 4.79 Å².